The van der Waals surface area contributed by atoms with Gasteiger partial charge in [0.05, 0.1) is 19.3 Å². The fourth-order valence-electron chi connectivity index (χ4n) is 2.86. The molecule has 1 unspecified atom stereocenters. The van der Waals surface area contributed by atoms with E-state index < -0.39 is 0 Å². The van der Waals surface area contributed by atoms with Gasteiger partial charge < -0.3 is 24.5 Å². The highest BCUT2D eigenvalue weighted by Gasteiger charge is 2.13. The molecule has 148 valence electrons. The predicted octanol–water partition coefficient (Wildman–Crippen LogP) is 4.12. The van der Waals surface area contributed by atoms with Crippen LogP contribution in [0.3, 0.4) is 0 Å². The number of rotatable bonds is 8. The summed E-state index contributed by atoms with van der Waals surface area (Å²) >= 11 is 0. The maximum Gasteiger partial charge on any atom is 0.191 e. The van der Waals surface area contributed by atoms with Crippen LogP contribution in [0.15, 0.2) is 33.7 Å². The van der Waals surface area contributed by atoms with Crippen molar-refractivity contribution in [3.05, 3.63) is 46.9 Å². The third-order valence-electron chi connectivity index (χ3n) is 4.23. The lowest BCUT2D eigenvalue weighted by molar-refractivity contribution is 0.287. The largest absolute Gasteiger partial charge is 0.490 e. The zero-order valence-corrected chi connectivity index (χ0v) is 17.2. The molecule has 0 bridgehead atoms. The number of hydrogen-bond donors (Lipinski definition) is 2. The van der Waals surface area contributed by atoms with Crippen LogP contribution in [0.1, 0.15) is 49.5 Å². The maximum atomic E-state index is 5.72. The van der Waals surface area contributed by atoms with E-state index in [0.29, 0.717) is 19.8 Å². The molecule has 2 aromatic rings. The summed E-state index contributed by atoms with van der Waals surface area (Å²) in [7, 11) is 1.76. The molecule has 0 saturated carbocycles. The van der Waals surface area contributed by atoms with Crippen molar-refractivity contribution in [2.45, 2.75) is 47.2 Å². The molecule has 6 heteroatoms. The second kappa shape index (κ2) is 9.90. The molecule has 6 nitrogen and oxygen atoms in total. The van der Waals surface area contributed by atoms with Crippen LogP contribution in [-0.2, 0) is 6.54 Å². The number of benzene rings is 1. The van der Waals surface area contributed by atoms with E-state index in [4.69, 9.17) is 13.9 Å². The lowest BCUT2D eigenvalue weighted by Crippen LogP contribution is -2.38. The van der Waals surface area contributed by atoms with Crippen LogP contribution in [0.4, 0.5) is 0 Å². The average molecular weight is 373 g/mol. The van der Waals surface area contributed by atoms with Gasteiger partial charge in [0.1, 0.15) is 11.5 Å². The van der Waals surface area contributed by atoms with Gasteiger partial charge in [0.25, 0.3) is 0 Å². The molecule has 2 N–H and O–H groups in total. The van der Waals surface area contributed by atoms with E-state index >= 15 is 0 Å². The van der Waals surface area contributed by atoms with E-state index in [1.165, 1.54) is 0 Å². The molecule has 1 atom stereocenters. The van der Waals surface area contributed by atoms with Crippen LogP contribution in [0, 0.1) is 13.8 Å². The molecule has 1 aromatic carbocycles. The highest BCUT2D eigenvalue weighted by atomic mass is 16.5. The lowest BCUT2D eigenvalue weighted by atomic mass is 10.1. The summed E-state index contributed by atoms with van der Waals surface area (Å²) in [5.41, 5.74) is 2.22. The number of hydrogen-bond acceptors (Lipinski definition) is 4. The first-order valence-electron chi connectivity index (χ1n) is 9.41. The number of aryl methyl sites for hydroxylation is 2. The van der Waals surface area contributed by atoms with Crippen molar-refractivity contribution in [2.75, 3.05) is 20.3 Å². The fraction of sp³-hybridized carbons (Fsp3) is 0.476. The minimum atomic E-state index is 0.0539. The molecule has 0 aliphatic heterocycles. The summed E-state index contributed by atoms with van der Waals surface area (Å²) in [6.07, 6.45) is 0. The van der Waals surface area contributed by atoms with E-state index in [2.05, 4.69) is 22.5 Å². The topological polar surface area (TPSA) is 68.0 Å². The Balaban J connectivity index is 2.04. The van der Waals surface area contributed by atoms with Gasteiger partial charge in [-0.05, 0) is 58.4 Å². The Labute approximate surface area is 162 Å². The van der Waals surface area contributed by atoms with Crippen LogP contribution >= 0.6 is 0 Å². The van der Waals surface area contributed by atoms with E-state index in [1.54, 1.807) is 7.05 Å². The monoisotopic (exact) mass is 373 g/mol. The summed E-state index contributed by atoms with van der Waals surface area (Å²) in [5.74, 6) is 4.10. The van der Waals surface area contributed by atoms with Gasteiger partial charge in [-0.3, -0.25) is 4.99 Å². The molecule has 1 heterocycles. The summed E-state index contributed by atoms with van der Waals surface area (Å²) in [4.78, 5) is 4.32. The molecular formula is C21H31N3O3. The zero-order valence-electron chi connectivity index (χ0n) is 17.2. The van der Waals surface area contributed by atoms with Crippen molar-refractivity contribution in [1.29, 1.82) is 0 Å². The standard InChI is InChI=1S/C21H31N3O3/c1-7-25-19-10-9-17(12-20(19)26-8-2)15(4)24-21(22-6)23-13-18-11-14(3)27-16(18)5/h9-12,15H,7-8,13H2,1-6H3,(H2,22,23,24). The first kappa shape index (κ1) is 20.7. The molecule has 1 aromatic heterocycles. The van der Waals surface area contributed by atoms with Gasteiger partial charge in [-0.1, -0.05) is 6.07 Å². The predicted molar refractivity (Wildman–Crippen MR) is 109 cm³/mol. The highest BCUT2D eigenvalue weighted by Crippen LogP contribution is 2.30. The minimum absolute atomic E-state index is 0.0539. The normalized spacial score (nSPS) is 12.6. The van der Waals surface area contributed by atoms with Gasteiger partial charge in [0.15, 0.2) is 17.5 Å². The van der Waals surface area contributed by atoms with E-state index in [0.717, 1.165) is 40.1 Å². The van der Waals surface area contributed by atoms with Crippen molar-refractivity contribution in [2.24, 2.45) is 4.99 Å². The Kier molecular flexibility index (Phi) is 7.58. The number of nitrogens with one attached hydrogen (secondary N) is 2. The number of nitrogens with zero attached hydrogens (tertiary/aromatic N) is 1. The van der Waals surface area contributed by atoms with Crippen molar-refractivity contribution < 1.29 is 13.9 Å². The van der Waals surface area contributed by atoms with Crippen LogP contribution in [0.25, 0.3) is 0 Å². The van der Waals surface area contributed by atoms with Crippen molar-refractivity contribution in [3.63, 3.8) is 0 Å². The van der Waals surface area contributed by atoms with Gasteiger partial charge in [-0.2, -0.15) is 0 Å². The first-order chi connectivity index (χ1) is 13.0. The average Bonchev–Trinajstić information content (AvgIpc) is 2.97. The molecule has 0 radical (unpaired) electrons. The third kappa shape index (κ3) is 5.67. The maximum absolute atomic E-state index is 5.72. The summed E-state index contributed by atoms with van der Waals surface area (Å²) in [6.45, 7) is 11.8. The van der Waals surface area contributed by atoms with Gasteiger partial charge >= 0.3 is 0 Å². The Morgan fingerprint density at radius 3 is 2.41 bits per heavy atom. The second-order valence-corrected chi connectivity index (χ2v) is 6.30. The third-order valence-corrected chi connectivity index (χ3v) is 4.23. The first-order valence-corrected chi connectivity index (χ1v) is 9.41. The van der Waals surface area contributed by atoms with Crippen LogP contribution in [0.5, 0.6) is 11.5 Å². The highest BCUT2D eigenvalue weighted by molar-refractivity contribution is 5.80. The van der Waals surface area contributed by atoms with E-state index in [1.807, 2.05) is 52.0 Å². The Bertz CT molecular complexity index is 768. The van der Waals surface area contributed by atoms with Gasteiger partial charge in [0.2, 0.25) is 0 Å². The quantitative estimate of drug-likeness (QED) is 0.538. The SMILES string of the molecule is CCOc1ccc(C(C)NC(=NC)NCc2cc(C)oc2C)cc1OCC. The summed E-state index contributed by atoms with van der Waals surface area (Å²) in [6, 6.07) is 8.11. The minimum Gasteiger partial charge on any atom is -0.490 e. The number of guanidine groups is 1. The molecule has 0 saturated heterocycles. The summed E-state index contributed by atoms with van der Waals surface area (Å²) < 4.78 is 16.9. The second-order valence-electron chi connectivity index (χ2n) is 6.30. The fourth-order valence-corrected chi connectivity index (χ4v) is 2.86. The molecule has 2 rings (SSSR count). The number of aliphatic imine (C=N–C) groups is 1. The Morgan fingerprint density at radius 2 is 1.81 bits per heavy atom. The van der Waals surface area contributed by atoms with Crippen LogP contribution < -0.4 is 20.1 Å². The van der Waals surface area contributed by atoms with E-state index in [9.17, 15) is 0 Å². The smallest absolute Gasteiger partial charge is 0.191 e. The van der Waals surface area contributed by atoms with Gasteiger partial charge in [0, 0.05) is 19.2 Å². The lowest BCUT2D eigenvalue weighted by Gasteiger charge is -2.20. The Hall–Kier alpha value is -2.63. The van der Waals surface area contributed by atoms with Gasteiger partial charge in [-0.25, -0.2) is 0 Å². The van der Waals surface area contributed by atoms with Crippen LogP contribution in [-0.4, -0.2) is 26.2 Å². The molecule has 0 spiro atoms. The zero-order chi connectivity index (χ0) is 19.8. The molecular weight excluding hydrogens is 342 g/mol. The van der Waals surface area contributed by atoms with Crippen molar-refractivity contribution in [1.82, 2.24) is 10.6 Å². The Morgan fingerprint density at radius 1 is 1.11 bits per heavy atom. The van der Waals surface area contributed by atoms with Crippen LogP contribution in [0.2, 0.25) is 0 Å². The van der Waals surface area contributed by atoms with Crippen molar-refractivity contribution >= 4 is 5.96 Å². The van der Waals surface area contributed by atoms with E-state index in [-0.39, 0.29) is 6.04 Å². The molecule has 0 aliphatic rings. The molecule has 0 amide bonds. The van der Waals surface area contributed by atoms with Crippen molar-refractivity contribution in [3.8, 4) is 11.5 Å². The number of ether oxygens (including phenoxy) is 2. The summed E-state index contributed by atoms with van der Waals surface area (Å²) in [5, 5.41) is 6.75. The number of furan rings is 1. The molecule has 27 heavy (non-hydrogen) atoms. The molecule has 0 aliphatic carbocycles. The molecule has 0 fully saturated rings. The van der Waals surface area contributed by atoms with Gasteiger partial charge in [-0.15, -0.1) is 0 Å².